The van der Waals surface area contributed by atoms with E-state index in [1.54, 1.807) is 16.0 Å². The number of nitrogens with zero attached hydrogens (tertiary/aromatic N) is 3. The molecule has 0 spiro atoms. The van der Waals surface area contributed by atoms with Crippen molar-refractivity contribution in [3.05, 3.63) is 17.5 Å². The van der Waals surface area contributed by atoms with Gasteiger partial charge in [0.15, 0.2) is 0 Å². The first-order valence-corrected chi connectivity index (χ1v) is 8.31. The second-order valence-electron chi connectivity index (χ2n) is 6.12. The van der Waals surface area contributed by atoms with E-state index in [2.05, 4.69) is 10.2 Å². The molecule has 0 aliphatic carbocycles. The summed E-state index contributed by atoms with van der Waals surface area (Å²) in [7, 11) is 0. The Morgan fingerprint density at radius 1 is 1.42 bits per heavy atom. The molecule has 8 nitrogen and oxygen atoms in total. The first kappa shape index (κ1) is 18.0. The predicted molar refractivity (Wildman–Crippen MR) is 88.1 cm³/mol. The zero-order valence-electron chi connectivity index (χ0n) is 14.2. The third kappa shape index (κ3) is 4.12. The van der Waals surface area contributed by atoms with Crippen LogP contribution in [0.1, 0.15) is 48.7 Å². The zero-order valence-corrected chi connectivity index (χ0v) is 14.2. The van der Waals surface area contributed by atoms with E-state index in [1.165, 1.54) is 0 Å². The molecule has 1 aromatic rings. The van der Waals surface area contributed by atoms with Crippen molar-refractivity contribution >= 4 is 17.7 Å². The number of aryl methyl sites for hydroxylation is 1. The average molecular weight is 335 g/mol. The van der Waals surface area contributed by atoms with Gasteiger partial charge in [-0.15, -0.1) is 0 Å². The number of carbonyl (C=O) groups is 3. The maximum Gasteiger partial charge on any atom is 0.272 e. The zero-order chi connectivity index (χ0) is 17.7. The Balaban J connectivity index is 1.93. The van der Waals surface area contributed by atoms with Gasteiger partial charge in [0, 0.05) is 32.5 Å². The van der Waals surface area contributed by atoms with E-state index in [4.69, 9.17) is 5.73 Å². The molecular formula is C16H25N5O3. The van der Waals surface area contributed by atoms with Crippen molar-refractivity contribution < 1.29 is 14.4 Å². The average Bonchev–Trinajstić information content (AvgIpc) is 3.16. The number of amides is 3. The van der Waals surface area contributed by atoms with E-state index in [0.29, 0.717) is 38.2 Å². The number of carbonyl (C=O) groups excluding carboxylic acids is 3. The van der Waals surface area contributed by atoms with E-state index in [9.17, 15) is 14.4 Å². The van der Waals surface area contributed by atoms with E-state index in [-0.39, 0.29) is 30.2 Å². The molecule has 2 heterocycles. The van der Waals surface area contributed by atoms with Gasteiger partial charge < -0.3 is 15.5 Å². The Labute approximate surface area is 141 Å². The lowest BCUT2D eigenvalue weighted by Gasteiger charge is -2.27. The summed E-state index contributed by atoms with van der Waals surface area (Å²) >= 11 is 0. The molecule has 3 amide bonds. The fourth-order valence-corrected chi connectivity index (χ4v) is 3.07. The summed E-state index contributed by atoms with van der Waals surface area (Å²) in [6, 6.07) is 0.00490. The summed E-state index contributed by atoms with van der Waals surface area (Å²) in [5.41, 5.74) is 6.41. The molecule has 0 saturated carbocycles. The first-order valence-electron chi connectivity index (χ1n) is 8.31. The Bertz CT molecular complexity index is 613. The van der Waals surface area contributed by atoms with Crippen LogP contribution in [0.2, 0.25) is 0 Å². The van der Waals surface area contributed by atoms with Gasteiger partial charge in [-0.3, -0.25) is 19.5 Å². The summed E-state index contributed by atoms with van der Waals surface area (Å²) in [4.78, 5) is 39.2. The highest BCUT2D eigenvalue weighted by Crippen LogP contribution is 2.19. The van der Waals surface area contributed by atoms with E-state index < -0.39 is 0 Å². The number of rotatable bonds is 7. The minimum Gasteiger partial charge on any atom is -0.370 e. The Morgan fingerprint density at radius 3 is 2.75 bits per heavy atom. The van der Waals surface area contributed by atoms with E-state index in [1.807, 2.05) is 13.8 Å². The van der Waals surface area contributed by atoms with Gasteiger partial charge >= 0.3 is 0 Å². The summed E-state index contributed by atoms with van der Waals surface area (Å²) in [6.45, 7) is 5.51. The van der Waals surface area contributed by atoms with Crippen LogP contribution in [-0.4, -0.2) is 63.4 Å². The SMILES string of the molecule is CCN(C(=O)c1[nH]ncc1C)C1CCN(C(=O)CCCC(N)=O)C1. The van der Waals surface area contributed by atoms with Gasteiger partial charge in [-0.25, -0.2) is 0 Å². The fraction of sp³-hybridized carbons (Fsp3) is 0.625. The molecule has 24 heavy (non-hydrogen) atoms. The molecule has 0 bridgehead atoms. The monoisotopic (exact) mass is 335 g/mol. The highest BCUT2D eigenvalue weighted by Gasteiger charge is 2.33. The molecule has 0 aromatic carbocycles. The number of aromatic amines is 1. The van der Waals surface area contributed by atoms with Gasteiger partial charge in [0.2, 0.25) is 11.8 Å². The van der Waals surface area contributed by atoms with Crippen molar-refractivity contribution in [1.82, 2.24) is 20.0 Å². The van der Waals surface area contributed by atoms with Crippen LogP contribution in [0.15, 0.2) is 6.20 Å². The molecular weight excluding hydrogens is 310 g/mol. The van der Waals surface area contributed by atoms with Gasteiger partial charge in [-0.1, -0.05) is 0 Å². The number of hydrogen-bond acceptors (Lipinski definition) is 4. The number of hydrogen-bond donors (Lipinski definition) is 2. The van der Waals surface area contributed by atoms with Crippen molar-refractivity contribution in [1.29, 1.82) is 0 Å². The van der Waals surface area contributed by atoms with Crippen LogP contribution in [0.4, 0.5) is 0 Å². The number of aromatic nitrogens is 2. The molecule has 8 heteroatoms. The standard InChI is InChI=1S/C16H25N5O3/c1-3-21(16(24)15-11(2)9-18-19-15)12-7-8-20(10-12)14(23)6-4-5-13(17)22/h9,12H,3-8,10H2,1-2H3,(H2,17,22)(H,18,19). The second kappa shape index (κ2) is 7.94. The molecule has 1 aromatic heterocycles. The van der Waals surface area contributed by atoms with E-state index >= 15 is 0 Å². The molecule has 2 rings (SSSR count). The summed E-state index contributed by atoms with van der Waals surface area (Å²) in [5, 5.41) is 6.65. The maximum atomic E-state index is 12.7. The lowest BCUT2D eigenvalue weighted by molar-refractivity contribution is -0.130. The Kier molecular flexibility index (Phi) is 5.94. The lowest BCUT2D eigenvalue weighted by Crippen LogP contribution is -2.43. The molecule has 1 saturated heterocycles. The summed E-state index contributed by atoms with van der Waals surface area (Å²) in [5.74, 6) is -0.458. The number of likely N-dealkylation sites (N-methyl/N-ethyl adjacent to an activating group) is 1. The van der Waals surface area contributed by atoms with Crippen LogP contribution < -0.4 is 5.73 Å². The number of nitrogens with two attached hydrogens (primary N) is 1. The Morgan fingerprint density at radius 2 is 2.17 bits per heavy atom. The molecule has 132 valence electrons. The van der Waals surface area contributed by atoms with Crippen LogP contribution in [-0.2, 0) is 9.59 Å². The van der Waals surface area contributed by atoms with Gasteiger partial charge in [0.05, 0.1) is 12.2 Å². The van der Waals surface area contributed by atoms with Gasteiger partial charge in [0.1, 0.15) is 5.69 Å². The number of primary amides is 1. The van der Waals surface area contributed by atoms with Gasteiger partial charge in [0.25, 0.3) is 5.91 Å². The topological polar surface area (TPSA) is 112 Å². The van der Waals surface area contributed by atoms with Gasteiger partial charge in [-0.05, 0) is 32.3 Å². The molecule has 1 fully saturated rings. The van der Waals surface area contributed by atoms with Crippen LogP contribution in [0.5, 0.6) is 0 Å². The van der Waals surface area contributed by atoms with Crippen LogP contribution >= 0.6 is 0 Å². The molecule has 1 unspecified atom stereocenters. The quantitative estimate of drug-likeness (QED) is 0.752. The summed E-state index contributed by atoms with van der Waals surface area (Å²) < 4.78 is 0. The lowest BCUT2D eigenvalue weighted by atomic mass is 10.2. The first-order chi connectivity index (χ1) is 11.4. The molecule has 1 atom stereocenters. The van der Waals surface area contributed by atoms with Crippen LogP contribution in [0, 0.1) is 6.92 Å². The van der Waals surface area contributed by atoms with Crippen molar-refractivity contribution in [3.63, 3.8) is 0 Å². The van der Waals surface area contributed by atoms with Crippen molar-refractivity contribution in [2.45, 2.75) is 45.6 Å². The fourth-order valence-electron chi connectivity index (χ4n) is 3.07. The predicted octanol–water partition coefficient (Wildman–Crippen LogP) is 0.437. The highest BCUT2D eigenvalue weighted by molar-refractivity contribution is 5.93. The molecule has 0 radical (unpaired) electrons. The highest BCUT2D eigenvalue weighted by atomic mass is 16.2. The number of nitrogens with one attached hydrogen (secondary N) is 1. The summed E-state index contributed by atoms with van der Waals surface area (Å²) in [6.07, 6.45) is 3.40. The third-order valence-electron chi connectivity index (χ3n) is 4.41. The van der Waals surface area contributed by atoms with Crippen molar-refractivity contribution in [2.75, 3.05) is 19.6 Å². The molecule has 1 aliphatic heterocycles. The molecule has 3 N–H and O–H groups in total. The van der Waals surface area contributed by atoms with Crippen molar-refractivity contribution in [3.8, 4) is 0 Å². The van der Waals surface area contributed by atoms with Crippen molar-refractivity contribution in [2.24, 2.45) is 5.73 Å². The Hall–Kier alpha value is -2.38. The third-order valence-corrected chi connectivity index (χ3v) is 4.41. The maximum absolute atomic E-state index is 12.7. The second-order valence-corrected chi connectivity index (χ2v) is 6.12. The molecule has 1 aliphatic rings. The number of H-pyrrole nitrogens is 1. The van der Waals surface area contributed by atoms with Crippen LogP contribution in [0.25, 0.3) is 0 Å². The largest absolute Gasteiger partial charge is 0.370 e. The number of likely N-dealkylation sites (tertiary alicyclic amines) is 1. The smallest absolute Gasteiger partial charge is 0.272 e. The normalized spacial score (nSPS) is 17.1. The van der Waals surface area contributed by atoms with E-state index in [0.717, 1.165) is 12.0 Å². The van der Waals surface area contributed by atoms with Crippen LogP contribution in [0.3, 0.4) is 0 Å². The minimum atomic E-state index is -0.389. The van der Waals surface area contributed by atoms with Gasteiger partial charge in [-0.2, -0.15) is 5.10 Å². The minimum absolute atomic E-state index is 0.00490.